The molecule has 0 saturated heterocycles. The predicted octanol–water partition coefficient (Wildman–Crippen LogP) is 2.73. The number of hydrogen-bond acceptors (Lipinski definition) is 3. The van der Waals surface area contributed by atoms with Crippen LogP contribution in [0.3, 0.4) is 0 Å². The van der Waals surface area contributed by atoms with Gasteiger partial charge in [0.25, 0.3) is 0 Å². The molecule has 4 nitrogen and oxygen atoms in total. The van der Waals surface area contributed by atoms with E-state index < -0.39 is 0 Å². The van der Waals surface area contributed by atoms with Crippen LogP contribution in [0.5, 0.6) is 5.75 Å². The molecule has 100 valence electrons. The molecule has 19 heavy (non-hydrogen) atoms. The first-order valence-corrected chi connectivity index (χ1v) is 6.74. The standard InChI is InChI=1S/C15H19N3O/c1-11(2)18-10-12(8-16-18)9-17-7-6-13-14(17)4-3-5-15(13)19/h3-5,8,10-11,19H,6-7,9H2,1-2H3. The molecular formula is C15H19N3O. The van der Waals surface area contributed by atoms with Gasteiger partial charge in [-0.25, -0.2) is 0 Å². The van der Waals surface area contributed by atoms with Crippen LogP contribution >= 0.6 is 0 Å². The average Bonchev–Trinajstić information content (AvgIpc) is 2.98. The lowest BCUT2D eigenvalue weighted by Crippen LogP contribution is -2.19. The van der Waals surface area contributed by atoms with Crippen molar-refractivity contribution >= 4 is 5.69 Å². The zero-order valence-electron chi connectivity index (χ0n) is 11.4. The van der Waals surface area contributed by atoms with E-state index in [0.717, 1.165) is 30.8 Å². The van der Waals surface area contributed by atoms with E-state index in [-0.39, 0.29) is 0 Å². The Labute approximate surface area is 113 Å². The molecule has 1 aromatic heterocycles. The molecule has 0 fully saturated rings. The Hall–Kier alpha value is -1.97. The molecule has 0 radical (unpaired) electrons. The number of aromatic nitrogens is 2. The fourth-order valence-electron chi connectivity index (χ4n) is 2.61. The van der Waals surface area contributed by atoms with E-state index >= 15 is 0 Å². The molecule has 3 rings (SSSR count). The fraction of sp³-hybridized carbons (Fsp3) is 0.400. The van der Waals surface area contributed by atoms with Gasteiger partial charge in [0.05, 0.1) is 6.20 Å². The van der Waals surface area contributed by atoms with Gasteiger partial charge in [0.2, 0.25) is 0 Å². The van der Waals surface area contributed by atoms with Crippen LogP contribution in [0, 0.1) is 0 Å². The maximum absolute atomic E-state index is 9.85. The Morgan fingerprint density at radius 2 is 2.21 bits per heavy atom. The summed E-state index contributed by atoms with van der Waals surface area (Å²) in [5.41, 5.74) is 3.43. The van der Waals surface area contributed by atoms with Gasteiger partial charge >= 0.3 is 0 Å². The molecule has 0 unspecified atom stereocenters. The molecule has 2 aromatic rings. The van der Waals surface area contributed by atoms with Gasteiger partial charge < -0.3 is 10.0 Å². The van der Waals surface area contributed by atoms with E-state index in [1.54, 1.807) is 6.07 Å². The van der Waals surface area contributed by atoms with Crippen molar-refractivity contribution in [2.75, 3.05) is 11.4 Å². The normalized spacial score (nSPS) is 14.2. The predicted molar refractivity (Wildman–Crippen MR) is 75.5 cm³/mol. The molecule has 0 aliphatic carbocycles. The SMILES string of the molecule is CC(C)n1cc(CN2CCc3c(O)cccc32)cn1. The maximum atomic E-state index is 9.85. The summed E-state index contributed by atoms with van der Waals surface area (Å²) in [4.78, 5) is 2.30. The number of phenolic OH excluding ortho intramolecular Hbond substituents is 1. The van der Waals surface area contributed by atoms with Gasteiger partial charge in [-0.2, -0.15) is 5.10 Å². The van der Waals surface area contributed by atoms with Crippen LogP contribution in [0.1, 0.15) is 31.0 Å². The lowest BCUT2D eigenvalue weighted by atomic mass is 10.1. The number of benzene rings is 1. The van der Waals surface area contributed by atoms with Crippen molar-refractivity contribution in [1.29, 1.82) is 0 Å². The van der Waals surface area contributed by atoms with Gasteiger partial charge in [-0.1, -0.05) is 6.07 Å². The third kappa shape index (κ3) is 2.18. The number of rotatable bonds is 3. The second-order valence-corrected chi connectivity index (χ2v) is 5.37. The molecule has 1 aliphatic rings. The first kappa shape index (κ1) is 12.1. The van der Waals surface area contributed by atoms with Crippen LogP contribution < -0.4 is 4.90 Å². The molecule has 0 amide bonds. The minimum Gasteiger partial charge on any atom is -0.508 e. The van der Waals surface area contributed by atoms with Crippen LogP contribution in [0.4, 0.5) is 5.69 Å². The van der Waals surface area contributed by atoms with Crippen LogP contribution in [0.25, 0.3) is 0 Å². The van der Waals surface area contributed by atoms with E-state index in [4.69, 9.17) is 0 Å². The second kappa shape index (κ2) is 4.61. The first-order chi connectivity index (χ1) is 9.15. The zero-order valence-corrected chi connectivity index (χ0v) is 11.4. The molecule has 1 N–H and O–H groups in total. The number of aromatic hydroxyl groups is 1. The van der Waals surface area contributed by atoms with Crippen molar-refractivity contribution in [2.45, 2.75) is 32.9 Å². The minimum atomic E-state index is 0.392. The summed E-state index contributed by atoms with van der Waals surface area (Å²) in [6, 6.07) is 6.14. The Morgan fingerprint density at radius 1 is 1.37 bits per heavy atom. The third-order valence-electron chi connectivity index (χ3n) is 3.66. The highest BCUT2D eigenvalue weighted by atomic mass is 16.3. The Balaban J connectivity index is 1.81. The molecule has 0 bridgehead atoms. The maximum Gasteiger partial charge on any atom is 0.120 e. The van der Waals surface area contributed by atoms with E-state index in [2.05, 4.69) is 36.1 Å². The van der Waals surface area contributed by atoms with Crippen molar-refractivity contribution in [1.82, 2.24) is 9.78 Å². The second-order valence-electron chi connectivity index (χ2n) is 5.37. The number of fused-ring (bicyclic) bond motifs is 1. The average molecular weight is 257 g/mol. The molecular weight excluding hydrogens is 238 g/mol. The molecule has 0 saturated carbocycles. The van der Waals surface area contributed by atoms with Crippen LogP contribution in [0.2, 0.25) is 0 Å². The fourth-order valence-corrected chi connectivity index (χ4v) is 2.61. The number of hydrogen-bond donors (Lipinski definition) is 1. The number of phenols is 1. The van der Waals surface area contributed by atoms with Gasteiger partial charge in [-0.15, -0.1) is 0 Å². The Morgan fingerprint density at radius 3 is 2.95 bits per heavy atom. The highest BCUT2D eigenvalue weighted by Gasteiger charge is 2.21. The molecule has 2 heterocycles. The van der Waals surface area contributed by atoms with Crippen molar-refractivity contribution in [2.24, 2.45) is 0 Å². The van der Waals surface area contributed by atoms with E-state index in [0.29, 0.717) is 11.8 Å². The van der Waals surface area contributed by atoms with Crippen molar-refractivity contribution < 1.29 is 5.11 Å². The summed E-state index contributed by atoms with van der Waals surface area (Å²) in [7, 11) is 0. The lowest BCUT2D eigenvalue weighted by molar-refractivity contribution is 0.470. The Bertz CT molecular complexity index is 589. The van der Waals surface area contributed by atoms with Gasteiger partial charge in [0.1, 0.15) is 5.75 Å². The van der Waals surface area contributed by atoms with Gasteiger partial charge in [-0.3, -0.25) is 4.68 Å². The molecule has 1 aromatic carbocycles. The third-order valence-corrected chi connectivity index (χ3v) is 3.66. The highest BCUT2D eigenvalue weighted by Crippen LogP contribution is 2.34. The minimum absolute atomic E-state index is 0.392. The topological polar surface area (TPSA) is 41.3 Å². The smallest absolute Gasteiger partial charge is 0.120 e. The van der Waals surface area contributed by atoms with Crippen molar-refractivity contribution in [3.05, 3.63) is 41.7 Å². The molecule has 0 atom stereocenters. The molecule has 4 heteroatoms. The quantitative estimate of drug-likeness (QED) is 0.919. The Kier molecular flexibility index (Phi) is 2.93. The van der Waals surface area contributed by atoms with Crippen molar-refractivity contribution in [3.63, 3.8) is 0 Å². The largest absolute Gasteiger partial charge is 0.508 e. The van der Waals surface area contributed by atoms with Gasteiger partial charge in [0.15, 0.2) is 0 Å². The zero-order chi connectivity index (χ0) is 13.4. The van der Waals surface area contributed by atoms with Crippen LogP contribution in [-0.2, 0) is 13.0 Å². The van der Waals surface area contributed by atoms with Gasteiger partial charge in [0, 0.05) is 42.1 Å². The summed E-state index contributed by atoms with van der Waals surface area (Å²) < 4.78 is 1.98. The number of anilines is 1. The number of nitrogens with zero attached hydrogens (tertiary/aromatic N) is 3. The first-order valence-electron chi connectivity index (χ1n) is 6.74. The van der Waals surface area contributed by atoms with Gasteiger partial charge in [-0.05, 0) is 32.4 Å². The molecule has 0 spiro atoms. The van der Waals surface area contributed by atoms with Crippen molar-refractivity contribution in [3.8, 4) is 5.75 Å². The summed E-state index contributed by atoms with van der Waals surface area (Å²) in [6.45, 7) is 6.06. The monoisotopic (exact) mass is 257 g/mol. The van der Waals surface area contributed by atoms with E-state index in [1.807, 2.05) is 16.9 Å². The summed E-state index contributed by atoms with van der Waals surface area (Å²) in [6.07, 6.45) is 4.95. The molecule has 1 aliphatic heterocycles. The summed E-state index contributed by atoms with van der Waals surface area (Å²) >= 11 is 0. The van der Waals surface area contributed by atoms with E-state index in [1.165, 1.54) is 5.56 Å². The van der Waals surface area contributed by atoms with E-state index in [9.17, 15) is 5.11 Å². The highest BCUT2D eigenvalue weighted by molar-refractivity contribution is 5.62. The van der Waals surface area contributed by atoms with Crippen LogP contribution in [0.15, 0.2) is 30.6 Å². The lowest BCUT2D eigenvalue weighted by Gasteiger charge is -2.18. The summed E-state index contributed by atoms with van der Waals surface area (Å²) in [5.74, 6) is 0.415. The summed E-state index contributed by atoms with van der Waals surface area (Å²) in [5, 5.41) is 14.2. The van der Waals surface area contributed by atoms with Crippen LogP contribution in [-0.4, -0.2) is 21.4 Å².